The van der Waals surface area contributed by atoms with Crippen molar-refractivity contribution >= 4 is 11.8 Å². The molecule has 100 valence electrons. The lowest BCUT2D eigenvalue weighted by molar-refractivity contribution is 0.153. The van der Waals surface area contributed by atoms with Gasteiger partial charge in [0.05, 0.1) is 0 Å². The molecule has 1 heterocycles. The van der Waals surface area contributed by atoms with Gasteiger partial charge in [0.1, 0.15) is 0 Å². The van der Waals surface area contributed by atoms with E-state index < -0.39 is 0 Å². The molecular weight excluding hydrogens is 240 g/mol. The van der Waals surface area contributed by atoms with Crippen LogP contribution in [0.1, 0.15) is 12.0 Å². The summed E-state index contributed by atoms with van der Waals surface area (Å²) in [6.07, 6.45) is 4.62. The number of thioether (sulfide) groups is 1. The molecule has 0 bridgehead atoms. The molecule has 1 aromatic carbocycles. The van der Waals surface area contributed by atoms with Gasteiger partial charge >= 0.3 is 0 Å². The molecular formula is C15H24N2S. The van der Waals surface area contributed by atoms with Crippen LogP contribution in [-0.4, -0.2) is 55.8 Å². The number of benzene rings is 1. The van der Waals surface area contributed by atoms with Gasteiger partial charge < -0.3 is 9.80 Å². The fourth-order valence-electron chi connectivity index (χ4n) is 2.37. The molecule has 0 aromatic heterocycles. The minimum Gasteiger partial charge on any atom is -0.304 e. The predicted octanol–water partition coefficient (Wildman–Crippen LogP) is 2.59. The molecule has 1 saturated heterocycles. The topological polar surface area (TPSA) is 6.48 Å². The number of nitrogens with zero attached hydrogens (tertiary/aromatic N) is 2. The molecule has 1 aromatic rings. The molecule has 0 aliphatic carbocycles. The first kappa shape index (κ1) is 13.9. The van der Waals surface area contributed by atoms with Gasteiger partial charge in [-0.15, -0.1) is 11.8 Å². The lowest BCUT2D eigenvalue weighted by Crippen LogP contribution is -2.44. The molecule has 0 spiro atoms. The van der Waals surface area contributed by atoms with E-state index in [2.05, 4.69) is 47.4 Å². The second-order valence-electron chi connectivity index (χ2n) is 5.10. The van der Waals surface area contributed by atoms with Crippen molar-refractivity contribution in [1.82, 2.24) is 9.80 Å². The van der Waals surface area contributed by atoms with Crippen LogP contribution in [0.2, 0.25) is 0 Å². The van der Waals surface area contributed by atoms with Crippen LogP contribution >= 0.6 is 11.8 Å². The number of hydrogen-bond donors (Lipinski definition) is 0. The fraction of sp³-hybridized carbons (Fsp3) is 0.600. The minimum atomic E-state index is 1.21. The third kappa shape index (κ3) is 4.30. The van der Waals surface area contributed by atoms with Crippen LogP contribution in [0.4, 0.5) is 0 Å². The SMILES string of the molecule is CSc1ccc(CCCN2CCN(C)CC2)cc1. The first-order valence-electron chi connectivity index (χ1n) is 6.82. The summed E-state index contributed by atoms with van der Waals surface area (Å²) in [5.41, 5.74) is 1.47. The van der Waals surface area contributed by atoms with Gasteiger partial charge in [0.2, 0.25) is 0 Å². The molecule has 2 rings (SSSR count). The molecule has 0 radical (unpaired) electrons. The number of piperazine rings is 1. The highest BCUT2D eigenvalue weighted by atomic mass is 32.2. The van der Waals surface area contributed by atoms with Crippen molar-refractivity contribution in [3.63, 3.8) is 0 Å². The molecule has 1 fully saturated rings. The molecule has 0 atom stereocenters. The molecule has 0 N–H and O–H groups in total. The van der Waals surface area contributed by atoms with Crippen LogP contribution in [0.15, 0.2) is 29.2 Å². The number of rotatable bonds is 5. The molecule has 2 nitrogen and oxygen atoms in total. The summed E-state index contributed by atoms with van der Waals surface area (Å²) < 4.78 is 0. The smallest absolute Gasteiger partial charge is 0.0110 e. The lowest BCUT2D eigenvalue weighted by atomic mass is 10.1. The summed E-state index contributed by atoms with van der Waals surface area (Å²) in [6, 6.07) is 9.01. The monoisotopic (exact) mass is 264 g/mol. The molecule has 3 heteroatoms. The maximum Gasteiger partial charge on any atom is 0.0110 e. The Morgan fingerprint density at radius 3 is 2.33 bits per heavy atom. The highest BCUT2D eigenvalue weighted by Crippen LogP contribution is 2.15. The third-order valence-corrected chi connectivity index (χ3v) is 4.44. The van der Waals surface area contributed by atoms with Crippen LogP contribution in [0.5, 0.6) is 0 Å². The van der Waals surface area contributed by atoms with Crippen molar-refractivity contribution in [1.29, 1.82) is 0 Å². The average molecular weight is 264 g/mol. The zero-order valence-corrected chi connectivity index (χ0v) is 12.4. The second kappa shape index (κ2) is 7.17. The fourth-order valence-corrected chi connectivity index (χ4v) is 2.78. The zero-order valence-electron chi connectivity index (χ0n) is 11.6. The van der Waals surface area contributed by atoms with E-state index in [1.807, 2.05) is 11.8 Å². The average Bonchev–Trinajstić information content (AvgIpc) is 2.42. The number of aryl methyl sites for hydroxylation is 1. The van der Waals surface area contributed by atoms with Gasteiger partial charge in [0.15, 0.2) is 0 Å². The van der Waals surface area contributed by atoms with Crippen molar-refractivity contribution in [2.45, 2.75) is 17.7 Å². The van der Waals surface area contributed by atoms with Crippen LogP contribution in [-0.2, 0) is 6.42 Å². The van der Waals surface area contributed by atoms with Crippen LogP contribution in [0.25, 0.3) is 0 Å². The van der Waals surface area contributed by atoms with Crippen molar-refractivity contribution in [3.05, 3.63) is 29.8 Å². The molecule has 0 amide bonds. The quantitative estimate of drug-likeness (QED) is 0.755. The van der Waals surface area contributed by atoms with Crippen molar-refractivity contribution in [2.24, 2.45) is 0 Å². The summed E-state index contributed by atoms with van der Waals surface area (Å²) in [5.74, 6) is 0. The molecule has 0 saturated carbocycles. The number of hydrogen-bond acceptors (Lipinski definition) is 3. The molecule has 18 heavy (non-hydrogen) atoms. The predicted molar refractivity (Wildman–Crippen MR) is 80.5 cm³/mol. The Kier molecular flexibility index (Phi) is 5.54. The van der Waals surface area contributed by atoms with Crippen LogP contribution in [0.3, 0.4) is 0 Å². The van der Waals surface area contributed by atoms with E-state index in [1.165, 1.54) is 56.0 Å². The van der Waals surface area contributed by atoms with Gasteiger partial charge in [-0.1, -0.05) is 12.1 Å². The summed E-state index contributed by atoms with van der Waals surface area (Å²) >= 11 is 1.81. The highest BCUT2D eigenvalue weighted by Gasteiger charge is 2.12. The Bertz CT molecular complexity index is 342. The second-order valence-corrected chi connectivity index (χ2v) is 5.98. The maximum atomic E-state index is 2.59. The maximum absolute atomic E-state index is 2.59. The van der Waals surface area contributed by atoms with Crippen molar-refractivity contribution in [3.8, 4) is 0 Å². The van der Waals surface area contributed by atoms with Gasteiger partial charge in [0, 0.05) is 31.1 Å². The molecule has 0 unspecified atom stereocenters. The standard InChI is InChI=1S/C15H24N2S/c1-16-10-12-17(13-11-16)9-3-4-14-5-7-15(18-2)8-6-14/h5-8H,3-4,9-13H2,1-2H3. The van der Waals surface area contributed by atoms with Gasteiger partial charge in [-0.25, -0.2) is 0 Å². The first-order valence-corrected chi connectivity index (χ1v) is 8.04. The van der Waals surface area contributed by atoms with E-state index in [9.17, 15) is 0 Å². The van der Waals surface area contributed by atoms with E-state index in [0.29, 0.717) is 0 Å². The zero-order chi connectivity index (χ0) is 12.8. The van der Waals surface area contributed by atoms with Gasteiger partial charge in [-0.3, -0.25) is 0 Å². The van der Waals surface area contributed by atoms with E-state index in [4.69, 9.17) is 0 Å². The Morgan fingerprint density at radius 2 is 1.72 bits per heavy atom. The third-order valence-electron chi connectivity index (χ3n) is 3.69. The summed E-state index contributed by atoms with van der Waals surface area (Å²) in [6.45, 7) is 6.17. The normalized spacial score (nSPS) is 18.1. The van der Waals surface area contributed by atoms with Crippen molar-refractivity contribution < 1.29 is 0 Å². The Labute approximate surface area is 115 Å². The van der Waals surface area contributed by atoms with E-state index in [-0.39, 0.29) is 0 Å². The van der Waals surface area contributed by atoms with E-state index in [0.717, 1.165) is 0 Å². The Morgan fingerprint density at radius 1 is 1.06 bits per heavy atom. The van der Waals surface area contributed by atoms with E-state index >= 15 is 0 Å². The summed E-state index contributed by atoms with van der Waals surface area (Å²) in [4.78, 5) is 6.37. The van der Waals surface area contributed by atoms with Gasteiger partial charge in [0.25, 0.3) is 0 Å². The van der Waals surface area contributed by atoms with Crippen LogP contribution < -0.4 is 0 Å². The minimum absolute atomic E-state index is 1.21. The van der Waals surface area contributed by atoms with Gasteiger partial charge in [-0.05, 0) is 50.4 Å². The van der Waals surface area contributed by atoms with Crippen molar-refractivity contribution in [2.75, 3.05) is 46.0 Å². The largest absolute Gasteiger partial charge is 0.304 e. The lowest BCUT2D eigenvalue weighted by Gasteiger charge is -2.32. The number of likely N-dealkylation sites (N-methyl/N-ethyl adjacent to an activating group) is 1. The summed E-state index contributed by atoms with van der Waals surface area (Å²) in [5, 5.41) is 0. The first-order chi connectivity index (χ1) is 8.78. The molecule has 1 aliphatic heterocycles. The van der Waals surface area contributed by atoms with Gasteiger partial charge in [-0.2, -0.15) is 0 Å². The Hall–Kier alpha value is -0.510. The van der Waals surface area contributed by atoms with Crippen LogP contribution in [0, 0.1) is 0 Å². The highest BCUT2D eigenvalue weighted by molar-refractivity contribution is 7.98. The summed E-state index contributed by atoms with van der Waals surface area (Å²) in [7, 11) is 2.21. The Balaban J connectivity index is 1.68. The molecule has 1 aliphatic rings. The van der Waals surface area contributed by atoms with E-state index in [1.54, 1.807) is 0 Å².